The standard InChI is InChI=1S/C18H24N4O/c1-14-7-4-5-8-16(14)21-15-9-11-19-17(13-15)18(23)20-10-6-12-22(2)3/h4-5,7-9,11,13H,6,10,12H2,1-3H3,(H,19,21)(H,20,23). The van der Waals surface area contributed by atoms with Crippen molar-refractivity contribution in [3.8, 4) is 0 Å². The second-order valence-electron chi connectivity index (χ2n) is 5.78. The van der Waals surface area contributed by atoms with Crippen molar-refractivity contribution in [3.63, 3.8) is 0 Å². The molecule has 0 unspecified atom stereocenters. The SMILES string of the molecule is Cc1ccccc1Nc1ccnc(C(=O)NCCCN(C)C)c1. The molecule has 1 aromatic heterocycles. The van der Waals surface area contributed by atoms with Crippen LogP contribution >= 0.6 is 0 Å². The maximum Gasteiger partial charge on any atom is 0.269 e. The van der Waals surface area contributed by atoms with Crippen LogP contribution in [0.5, 0.6) is 0 Å². The monoisotopic (exact) mass is 312 g/mol. The average molecular weight is 312 g/mol. The fourth-order valence-corrected chi connectivity index (χ4v) is 2.19. The maximum atomic E-state index is 12.1. The molecule has 5 heteroatoms. The lowest BCUT2D eigenvalue weighted by Gasteiger charge is -2.11. The quantitative estimate of drug-likeness (QED) is 0.772. The van der Waals surface area contributed by atoms with Crippen LogP contribution in [0.1, 0.15) is 22.5 Å². The molecule has 0 saturated carbocycles. The van der Waals surface area contributed by atoms with Gasteiger partial charge in [-0.2, -0.15) is 0 Å². The first kappa shape index (κ1) is 17.0. The van der Waals surface area contributed by atoms with Crippen molar-refractivity contribution in [2.75, 3.05) is 32.5 Å². The molecule has 1 amide bonds. The van der Waals surface area contributed by atoms with Gasteiger partial charge in [0.1, 0.15) is 5.69 Å². The van der Waals surface area contributed by atoms with Crippen molar-refractivity contribution in [2.45, 2.75) is 13.3 Å². The Bertz CT molecular complexity index is 655. The molecule has 122 valence electrons. The summed E-state index contributed by atoms with van der Waals surface area (Å²) in [7, 11) is 4.04. The number of hydrogen-bond donors (Lipinski definition) is 2. The molecule has 0 bridgehead atoms. The third-order valence-electron chi connectivity index (χ3n) is 3.48. The van der Waals surface area contributed by atoms with Crippen LogP contribution in [0.2, 0.25) is 0 Å². The van der Waals surface area contributed by atoms with Crippen molar-refractivity contribution in [2.24, 2.45) is 0 Å². The Morgan fingerprint density at radius 3 is 2.74 bits per heavy atom. The van der Waals surface area contributed by atoms with E-state index in [1.165, 1.54) is 0 Å². The molecular weight excluding hydrogens is 288 g/mol. The summed E-state index contributed by atoms with van der Waals surface area (Å²) in [5.41, 5.74) is 3.45. The Morgan fingerprint density at radius 1 is 1.22 bits per heavy atom. The summed E-state index contributed by atoms with van der Waals surface area (Å²) in [5, 5.41) is 6.22. The summed E-state index contributed by atoms with van der Waals surface area (Å²) in [6, 6.07) is 11.7. The van der Waals surface area contributed by atoms with Crippen LogP contribution in [0.4, 0.5) is 11.4 Å². The molecule has 2 N–H and O–H groups in total. The van der Waals surface area contributed by atoms with E-state index in [2.05, 4.69) is 20.5 Å². The molecule has 0 radical (unpaired) electrons. The lowest BCUT2D eigenvalue weighted by atomic mass is 10.2. The number of amides is 1. The lowest BCUT2D eigenvalue weighted by Crippen LogP contribution is -2.27. The topological polar surface area (TPSA) is 57.3 Å². The van der Waals surface area contributed by atoms with E-state index >= 15 is 0 Å². The number of carbonyl (C=O) groups is 1. The summed E-state index contributed by atoms with van der Waals surface area (Å²) in [6.45, 7) is 3.64. The van der Waals surface area contributed by atoms with Gasteiger partial charge in [0.25, 0.3) is 5.91 Å². The molecule has 0 aliphatic heterocycles. The van der Waals surface area contributed by atoms with Gasteiger partial charge in [0.2, 0.25) is 0 Å². The first-order valence-electron chi connectivity index (χ1n) is 7.78. The zero-order chi connectivity index (χ0) is 16.7. The maximum absolute atomic E-state index is 12.1. The number of benzene rings is 1. The highest BCUT2D eigenvalue weighted by Crippen LogP contribution is 2.20. The summed E-state index contributed by atoms with van der Waals surface area (Å²) >= 11 is 0. The summed E-state index contributed by atoms with van der Waals surface area (Å²) < 4.78 is 0. The predicted molar refractivity (Wildman–Crippen MR) is 94.2 cm³/mol. The van der Waals surface area contributed by atoms with Crippen LogP contribution < -0.4 is 10.6 Å². The van der Waals surface area contributed by atoms with Crippen molar-refractivity contribution in [1.29, 1.82) is 0 Å². The van der Waals surface area contributed by atoms with Crippen LogP contribution in [0.3, 0.4) is 0 Å². The Kier molecular flexibility index (Phi) is 6.11. The van der Waals surface area contributed by atoms with E-state index in [1.807, 2.05) is 51.4 Å². The minimum absolute atomic E-state index is 0.141. The third kappa shape index (κ3) is 5.38. The highest BCUT2D eigenvalue weighted by Gasteiger charge is 2.08. The summed E-state index contributed by atoms with van der Waals surface area (Å²) in [6.07, 6.45) is 2.56. The Labute approximate surface area is 137 Å². The van der Waals surface area contributed by atoms with Crippen LogP contribution in [-0.2, 0) is 0 Å². The molecule has 0 aliphatic rings. The van der Waals surface area contributed by atoms with E-state index in [9.17, 15) is 4.79 Å². The molecule has 5 nitrogen and oxygen atoms in total. The fraction of sp³-hybridized carbons (Fsp3) is 0.333. The second kappa shape index (κ2) is 8.29. The number of carbonyl (C=O) groups excluding carboxylic acids is 1. The van der Waals surface area contributed by atoms with E-state index in [0.29, 0.717) is 12.2 Å². The van der Waals surface area contributed by atoms with Gasteiger partial charge in [-0.05, 0) is 57.7 Å². The van der Waals surface area contributed by atoms with Crippen molar-refractivity contribution >= 4 is 17.3 Å². The van der Waals surface area contributed by atoms with Crippen molar-refractivity contribution < 1.29 is 4.79 Å². The average Bonchev–Trinajstić information content (AvgIpc) is 2.54. The predicted octanol–water partition coefficient (Wildman–Crippen LogP) is 2.82. The van der Waals surface area contributed by atoms with Crippen molar-refractivity contribution in [3.05, 3.63) is 53.9 Å². The first-order chi connectivity index (χ1) is 11.1. The van der Waals surface area contributed by atoms with Gasteiger partial charge in [0, 0.05) is 24.1 Å². The highest BCUT2D eigenvalue weighted by atomic mass is 16.1. The zero-order valence-corrected chi connectivity index (χ0v) is 14.0. The highest BCUT2D eigenvalue weighted by molar-refractivity contribution is 5.93. The van der Waals surface area contributed by atoms with Gasteiger partial charge in [-0.25, -0.2) is 0 Å². The molecule has 2 aromatic rings. The number of hydrogen-bond acceptors (Lipinski definition) is 4. The van der Waals surface area contributed by atoms with Crippen LogP contribution in [0, 0.1) is 6.92 Å². The van der Waals surface area contributed by atoms with Crippen LogP contribution in [0.25, 0.3) is 0 Å². The number of nitrogens with one attached hydrogen (secondary N) is 2. The molecule has 0 fully saturated rings. The Hall–Kier alpha value is -2.40. The fourth-order valence-electron chi connectivity index (χ4n) is 2.19. The largest absolute Gasteiger partial charge is 0.355 e. The molecule has 2 rings (SSSR count). The molecule has 0 spiro atoms. The smallest absolute Gasteiger partial charge is 0.269 e. The number of aromatic nitrogens is 1. The number of para-hydroxylation sites is 1. The zero-order valence-electron chi connectivity index (χ0n) is 14.0. The van der Waals surface area contributed by atoms with Crippen LogP contribution in [0.15, 0.2) is 42.6 Å². The van der Waals surface area contributed by atoms with Crippen molar-refractivity contribution in [1.82, 2.24) is 15.2 Å². The van der Waals surface area contributed by atoms with Gasteiger partial charge in [-0.1, -0.05) is 18.2 Å². The molecular formula is C18H24N4O. The van der Waals surface area contributed by atoms with E-state index in [1.54, 1.807) is 12.3 Å². The van der Waals surface area contributed by atoms with Gasteiger partial charge in [-0.3, -0.25) is 9.78 Å². The Morgan fingerprint density at radius 2 is 2.00 bits per heavy atom. The van der Waals surface area contributed by atoms with Gasteiger partial charge < -0.3 is 15.5 Å². The number of rotatable bonds is 7. The summed E-state index contributed by atoms with van der Waals surface area (Å²) in [4.78, 5) is 18.4. The number of nitrogens with zero attached hydrogens (tertiary/aromatic N) is 2. The van der Waals surface area contributed by atoms with Gasteiger partial charge in [0.05, 0.1) is 0 Å². The van der Waals surface area contributed by atoms with E-state index in [0.717, 1.165) is 29.9 Å². The first-order valence-corrected chi connectivity index (χ1v) is 7.78. The third-order valence-corrected chi connectivity index (χ3v) is 3.48. The number of aryl methyl sites for hydroxylation is 1. The van der Waals surface area contributed by atoms with Crippen LogP contribution in [-0.4, -0.2) is 43.0 Å². The molecule has 1 heterocycles. The van der Waals surface area contributed by atoms with E-state index < -0.39 is 0 Å². The minimum atomic E-state index is -0.141. The second-order valence-corrected chi connectivity index (χ2v) is 5.78. The number of anilines is 2. The normalized spacial score (nSPS) is 10.6. The Balaban J connectivity index is 1.96. The lowest BCUT2D eigenvalue weighted by molar-refractivity contribution is 0.0947. The van der Waals surface area contributed by atoms with Gasteiger partial charge in [-0.15, -0.1) is 0 Å². The van der Waals surface area contributed by atoms with E-state index in [-0.39, 0.29) is 5.91 Å². The molecule has 0 saturated heterocycles. The minimum Gasteiger partial charge on any atom is -0.355 e. The van der Waals surface area contributed by atoms with E-state index in [4.69, 9.17) is 0 Å². The molecule has 0 aliphatic carbocycles. The number of pyridine rings is 1. The molecule has 23 heavy (non-hydrogen) atoms. The molecule has 1 aromatic carbocycles. The van der Waals surface area contributed by atoms with Gasteiger partial charge in [0.15, 0.2) is 0 Å². The molecule has 0 atom stereocenters. The van der Waals surface area contributed by atoms with Gasteiger partial charge >= 0.3 is 0 Å². The summed E-state index contributed by atoms with van der Waals surface area (Å²) in [5.74, 6) is -0.141.